The molecule has 1 nitrogen and oxygen atoms in total. The zero-order valence-corrected chi connectivity index (χ0v) is 10.8. The van der Waals surface area contributed by atoms with Crippen molar-refractivity contribution in [2.45, 2.75) is 25.3 Å². The van der Waals surface area contributed by atoms with E-state index in [2.05, 4.69) is 53.3 Å². The fourth-order valence-corrected chi connectivity index (χ4v) is 3.46. The fourth-order valence-electron chi connectivity index (χ4n) is 2.76. The maximum atomic E-state index is 3.63. The third-order valence-electron chi connectivity index (χ3n) is 3.62. The number of benzene rings is 1. The minimum Gasteiger partial charge on any atom is -0.310 e. The molecule has 88 valence electrons. The van der Waals surface area contributed by atoms with Crippen molar-refractivity contribution in [3.63, 3.8) is 0 Å². The Bertz CT molecular complexity index is 489. The average Bonchev–Trinajstić information content (AvgIpc) is 2.83. The summed E-state index contributed by atoms with van der Waals surface area (Å²) in [5, 5.41) is 8.08. The van der Waals surface area contributed by atoms with Gasteiger partial charge < -0.3 is 5.32 Å². The number of hydrogen-bond acceptors (Lipinski definition) is 2. The summed E-state index contributed by atoms with van der Waals surface area (Å²) in [6.07, 6.45) is 1.21. The second-order valence-corrected chi connectivity index (χ2v) is 5.38. The number of nitrogens with one attached hydrogen (secondary N) is 1. The van der Waals surface area contributed by atoms with Gasteiger partial charge in [-0.25, -0.2) is 0 Å². The first-order chi connectivity index (χ1) is 8.40. The van der Waals surface area contributed by atoms with Gasteiger partial charge in [0.15, 0.2) is 0 Å². The molecule has 0 spiro atoms. The SMILES string of the molecule is CCNC(c1ccsc1)C1Cc2ccccc21. The molecule has 0 radical (unpaired) electrons. The summed E-state index contributed by atoms with van der Waals surface area (Å²) in [6.45, 7) is 3.21. The Kier molecular flexibility index (Phi) is 3.00. The van der Waals surface area contributed by atoms with Gasteiger partial charge in [0, 0.05) is 12.0 Å². The lowest BCUT2D eigenvalue weighted by molar-refractivity contribution is 0.420. The highest BCUT2D eigenvalue weighted by Gasteiger charge is 2.33. The molecule has 1 aliphatic carbocycles. The molecular formula is C15H17NS. The molecule has 1 aromatic carbocycles. The number of hydrogen-bond donors (Lipinski definition) is 1. The van der Waals surface area contributed by atoms with Crippen molar-refractivity contribution in [1.82, 2.24) is 5.32 Å². The first kappa shape index (κ1) is 11.0. The molecule has 1 heterocycles. The van der Waals surface area contributed by atoms with Gasteiger partial charge >= 0.3 is 0 Å². The zero-order chi connectivity index (χ0) is 11.7. The van der Waals surface area contributed by atoms with Gasteiger partial charge in [0.25, 0.3) is 0 Å². The molecule has 0 amide bonds. The monoisotopic (exact) mass is 243 g/mol. The van der Waals surface area contributed by atoms with Crippen molar-refractivity contribution in [3.8, 4) is 0 Å². The van der Waals surface area contributed by atoms with E-state index in [4.69, 9.17) is 0 Å². The van der Waals surface area contributed by atoms with Crippen LogP contribution in [0.1, 0.15) is 35.6 Å². The molecule has 0 aliphatic heterocycles. The van der Waals surface area contributed by atoms with Crippen molar-refractivity contribution in [2.75, 3.05) is 6.54 Å². The summed E-state index contributed by atoms with van der Waals surface area (Å²) >= 11 is 1.79. The highest BCUT2D eigenvalue weighted by atomic mass is 32.1. The van der Waals surface area contributed by atoms with Crippen LogP contribution in [0.25, 0.3) is 0 Å². The van der Waals surface area contributed by atoms with E-state index in [1.807, 2.05) is 0 Å². The van der Waals surface area contributed by atoms with E-state index in [0.29, 0.717) is 12.0 Å². The first-order valence-electron chi connectivity index (χ1n) is 6.23. The smallest absolute Gasteiger partial charge is 0.0401 e. The molecule has 0 saturated carbocycles. The highest BCUT2D eigenvalue weighted by molar-refractivity contribution is 7.07. The van der Waals surface area contributed by atoms with Gasteiger partial charge in [0.2, 0.25) is 0 Å². The molecule has 0 saturated heterocycles. The maximum Gasteiger partial charge on any atom is 0.0401 e. The van der Waals surface area contributed by atoms with Crippen LogP contribution in [0.3, 0.4) is 0 Å². The third kappa shape index (κ3) is 1.92. The molecule has 3 rings (SSSR count). The highest BCUT2D eigenvalue weighted by Crippen LogP contribution is 2.43. The Morgan fingerprint density at radius 2 is 2.24 bits per heavy atom. The molecule has 1 aliphatic rings. The molecule has 17 heavy (non-hydrogen) atoms. The molecule has 0 fully saturated rings. The van der Waals surface area contributed by atoms with E-state index in [0.717, 1.165) is 6.54 Å². The van der Waals surface area contributed by atoms with Crippen molar-refractivity contribution in [2.24, 2.45) is 0 Å². The molecule has 2 unspecified atom stereocenters. The van der Waals surface area contributed by atoms with Gasteiger partial charge in [-0.15, -0.1) is 0 Å². The van der Waals surface area contributed by atoms with Crippen molar-refractivity contribution >= 4 is 11.3 Å². The van der Waals surface area contributed by atoms with E-state index >= 15 is 0 Å². The molecule has 1 aromatic heterocycles. The predicted molar refractivity (Wildman–Crippen MR) is 73.6 cm³/mol. The lowest BCUT2D eigenvalue weighted by Crippen LogP contribution is -2.32. The van der Waals surface area contributed by atoms with E-state index < -0.39 is 0 Å². The Morgan fingerprint density at radius 1 is 1.35 bits per heavy atom. The normalized spacial score (nSPS) is 19.5. The van der Waals surface area contributed by atoms with Crippen LogP contribution in [0.2, 0.25) is 0 Å². The Labute approximate surface area is 106 Å². The molecule has 2 aromatic rings. The summed E-state index contributed by atoms with van der Waals surface area (Å²) in [7, 11) is 0. The maximum absolute atomic E-state index is 3.63. The van der Waals surface area contributed by atoms with Crippen molar-refractivity contribution < 1.29 is 0 Å². The predicted octanol–water partition coefficient (Wildman–Crippen LogP) is 3.74. The van der Waals surface area contributed by atoms with Gasteiger partial charge in [-0.05, 0) is 46.5 Å². The standard InChI is InChI=1S/C15H17NS/c1-2-16-15(12-7-8-17-10-12)14-9-11-5-3-4-6-13(11)14/h3-8,10,14-16H,2,9H2,1H3. The number of likely N-dealkylation sites (N-methyl/N-ethyl adjacent to an activating group) is 1. The summed E-state index contributed by atoms with van der Waals surface area (Å²) in [4.78, 5) is 0. The molecule has 1 N–H and O–H groups in total. The van der Waals surface area contributed by atoms with Crippen molar-refractivity contribution in [1.29, 1.82) is 0 Å². The summed E-state index contributed by atoms with van der Waals surface area (Å²) < 4.78 is 0. The number of rotatable bonds is 4. The summed E-state index contributed by atoms with van der Waals surface area (Å²) in [6, 6.07) is 11.6. The third-order valence-corrected chi connectivity index (χ3v) is 4.32. The van der Waals surface area contributed by atoms with Gasteiger partial charge in [-0.2, -0.15) is 11.3 Å². The molecular weight excluding hydrogens is 226 g/mol. The molecule has 2 atom stereocenters. The van der Waals surface area contributed by atoms with Crippen molar-refractivity contribution in [3.05, 3.63) is 57.8 Å². The lowest BCUT2D eigenvalue weighted by Gasteiger charge is -2.37. The van der Waals surface area contributed by atoms with E-state index in [9.17, 15) is 0 Å². The lowest BCUT2D eigenvalue weighted by atomic mass is 9.72. The molecule has 0 bridgehead atoms. The van der Waals surface area contributed by atoms with Gasteiger partial charge in [-0.3, -0.25) is 0 Å². The Hall–Kier alpha value is -1.12. The van der Waals surface area contributed by atoms with Crippen LogP contribution in [0.15, 0.2) is 41.1 Å². The van der Waals surface area contributed by atoms with E-state index in [1.54, 1.807) is 11.3 Å². The Balaban J connectivity index is 1.88. The largest absolute Gasteiger partial charge is 0.310 e. The van der Waals surface area contributed by atoms with Gasteiger partial charge in [0.1, 0.15) is 0 Å². The minimum atomic E-state index is 0.487. The fraction of sp³-hybridized carbons (Fsp3) is 0.333. The molecule has 2 heteroatoms. The minimum absolute atomic E-state index is 0.487. The van der Waals surface area contributed by atoms with Crippen LogP contribution in [-0.4, -0.2) is 6.54 Å². The van der Waals surface area contributed by atoms with Gasteiger partial charge in [0.05, 0.1) is 0 Å². The second kappa shape index (κ2) is 4.63. The topological polar surface area (TPSA) is 12.0 Å². The summed E-state index contributed by atoms with van der Waals surface area (Å²) in [5.74, 6) is 0.653. The Morgan fingerprint density at radius 3 is 2.94 bits per heavy atom. The average molecular weight is 243 g/mol. The van der Waals surface area contributed by atoms with E-state index in [1.165, 1.54) is 23.1 Å². The van der Waals surface area contributed by atoms with E-state index in [-0.39, 0.29) is 0 Å². The number of thiophene rings is 1. The van der Waals surface area contributed by atoms with Crippen LogP contribution in [-0.2, 0) is 6.42 Å². The van der Waals surface area contributed by atoms with Crippen LogP contribution in [0.5, 0.6) is 0 Å². The quantitative estimate of drug-likeness (QED) is 0.862. The van der Waals surface area contributed by atoms with Crippen LogP contribution in [0.4, 0.5) is 0 Å². The van der Waals surface area contributed by atoms with Crippen LogP contribution < -0.4 is 5.32 Å². The van der Waals surface area contributed by atoms with Gasteiger partial charge in [-0.1, -0.05) is 31.2 Å². The number of fused-ring (bicyclic) bond motifs is 1. The second-order valence-electron chi connectivity index (χ2n) is 4.60. The first-order valence-corrected chi connectivity index (χ1v) is 7.17. The summed E-state index contributed by atoms with van der Waals surface area (Å²) in [5.41, 5.74) is 4.50. The van der Waals surface area contributed by atoms with Crippen LogP contribution >= 0.6 is 11.3 Å². The zero-order valence-electron chi connectivity index (χ0n) is 10.0. The van der Waals surface area contributed by atoms with Crippen LogP contribution in [0, 0.1) is 0 Å².